The molecule has 1 aliphatic heterocycles. The molecule has 5 nitrogen and oxygen atoms in total. The summed E-state index contributed by atoms with van der Waals surface area (Å²) in [5.74, 6) is 6.90. The molecule has 1 amide bonds. The molecule has 0 fully saturated rings. The van der Waals surface area contributed by atoms with Crippen LogP contribution in [0.1, 0.15) is 63.1 Å². The highest BCUT2D eigenvalue weighted by atomic mass is 79.9. The van der Waals surface area contributed by atoms with E-state index >= 15 is 0 Å². The number of rotatable bonds is 6. The Morgan fingerprint density at radius 1 is 1.33 bits per heavy atom. The van der Waals surface area contributed by atoms with Crippen LogP contribution < -0.4 is 5.32 Å². The van der Waals surface area contributed by atoms with Gasteiger partial charge >= 0.3 is 0 Å². The summed E-state index contributed by atoms with van der Waals surface area (Å²) in [6, 6.07) is 4.02. The van der Waals surface area contributed by atoms with Crippen LogP contribution in [0.3, 0.4) is 0 Å². The molecule has 27 heavy (non-hydrogen) atoms. The Balaban J connectivity index is 1.89. The molecule has 0 aliphatic carbocycles. The largest absolute Gasteiger partial charge is 0.336 e. The average Bonchev–Trinajstić information content (AvgIpc) is 3.29. The number of nitrogens with zero attached hydrogens (tertiary/aromatic N) is 2. The van der Waals surface area contributed by atoms with Gasteiger partial charge in [0.05, 0.1) is 9.36 Å². The maximum atomic E-state index is 12.9. The van der Waals surface area contributed by atoms with Gasteiger partial charge in [0.1, 0.15) is 11.9 Å². The highest BCUT2D eigenvalue weighted by Crippen LogP contribution is 2.39. The number of thiophene rings is 1. The molecule has 1 aliphatic rings. The van der Waals surface area contributed by atoms with Crippen LogP contribution in [0.25, 0.3) is 11.1 Å². The third-order valence-electron chi connectivity index (χ3n) is 4.49. The zero-order valence-corrected chi connectivity index (χ0v) is 18.0. The van der Waals surface area contributed by atoms with Crippen LogP contribution in [-0.2, 0) is 4.79 Å². The summed E-state index contributed by atoms with van der Waals surface area (Å²) < 4.78 is 1.02. The quantitative estimate of drug-likeness (QED) is 0.494. The van der Waals surface area contributed by atoms with E-state index < -0.39 is 5.54 Å². The Labute approximate surface area is 172 Å². The van der Waals surface area contributed by atoms with Gasteiger partial charge in [0, 0.05) is 17.7 Å². The summed E-state index contributed by atoms with van der Waals surface area (Å²) in [6.45, 7) is 4.19. The topological polar surface area (TPSA) is 70.7 Å². The minimum atomic E-state index is -0.586. The van der Waals surface area contributed by atoms with Crippen LogP contribution in [0.15, 0.2) is 22.2 Å². The van der Waals surface area contributed by atoms with E-state index in [9.17, 15) is 4.79 Å². The van der Waals surface area contributed by atoms with E-state index in [2.05, 4.69) is 55.2 Å². The molecule has 1 unspecified atom stereocenters. The number of nitrogens with one attached hydrogen (secondary N) is 2. The van der Waals surface area contributed by atoms with Gasteiger partial charge in [-0.25, -0.2) is 4.98 Å². The predicted octanol–water partition coefficient (Wildman–Crippen LogP) is 4.79. The van der Waals surface area contributed by atoms with Crippen LogP contribution in [0.4, 0.5) is 0 Å². The van der Waals surface area contributed by atoms with Crippen molar-refractivity contribution in [2.45, 2.75) is 57.9 Å². The normalized spacial score (nSPS) is 19.6. The third-order valence-corrected chi connectivity index (χ3v) is 6.17. The Bertz CT molecular complexity index is 891. The SMILES string of the molecule is CCCCCCC#CC1(C)CC(c2ccc(Br)s2)=C(c2ncn[nH]2)C(=O)N1. The van der Waals surface area contributed by atoms with Gasteiger partial charge in [0.15, 0.2) is 5.82 Å². The van der Waals surface area contributed by atoms with Crippen molar-refractivity contribution >= 4 is 44.3 Å². The monoisotopic (exact) mass is 446 g/mol. The minimum Gasteiger partial charge on any atom is -0.336 e. The van der Waals surface area contributed by atoms with E-state index in [-0.39, 0.29) is 5.91 Å². The smallest absolute Gasteiger partial charge is 0.256 e. The second-order valence-corrected chi connectivity index (χ2v) is 9.33. The Morgan fingerprint density at radius 3 is 2.85 bits per heavy atom. The number of carbonyl (C=O) groups is 1. The second kappa shape index (κ2) is 8.85. The number of hydrogen-bond acceptors (Lipinski definition) is 4. The van der Waals surface area contributed by atoms with Gasteiger partial charge < -0.3 is 5.32 Å². The second-order valence-electron chi connectivity index (χ2n) is 6.87. The van der Waals surface area contributed by atoms with Crippen molar-refractivity contribution in [3.63, 3.8) is 0 Å². The summed E-state index contributed by atoms with van der Waals surface area (Å²) in [7, 11) is 0. The lowest BCUT2D eigenvalue weighted by Gasteiger charge is -2.32. The van der Waals surface area contributed by atoms with Gasteiger partial charge in [0.2, 0.25) is 0 Å². The number of halogens is 1. The van der Waals surface area contributed by atoms with Crippen molar-refractivity contribution in [3.8, 4) is 11.8 Å². The van der Waals surface area contributed by atoms with Crippen LogP contribution in [-0.4, -0.2) is 26.6 Å². The van der Waals surface area contributed by atoms with E-state index in [1.807, 2.05) is 19.1 Å². The number of H-pyrrole nitrogens is 1. The fraction of sp³-hybridized carbons (Fsp3) is 0.450. The molecule has 0 radical (unpaired) electrons. The summed E-state index contributed by atoms with van der Waals surface area (Å²) in [6.07, 6.45) is 7.69. The van der Waals surface area contributed by atoms with Crippen molar-refractivity contribution in [1.29, 1.82) is 0 Å². The average molecular weight is 447 g/mol. The number of unbranched alkanes of at least 4 members (excludes halogenated alkanes) is 4. The highest BCUT2D eigenvalue weighted by molar-refractivity contribution is 9.11. The molecule has 3 rings (SSSR count). The molecule has 0 saturated heterocycles. The first-order valence-electron chi connectivity index (χ1n) is 9.19. The van der Waals surface area contributed by atoms with Gasteiger partial charge in [-0.3, -0.25) is 9.89 Å². The van der Waals surface area contributed by atoms with Crippen LogP contribution in [0.5, 0.6) is 0 Å². The summed E-state index contributed by atoms with van der Waals surface area (Å²) >= 11 is 5.12. The number of aromatic nitrogens is 3. The van der Waals surface area contributed by atoms with Gasteiger partial charge in [-0.15, -0.1) is 17.3 Å². The van der Waals surface area contributed by atoms with Crippen molar-refractivity contribution < 1.29 is 4.79 Å². The lowest BCUT2D eigenvalue weighted by molar-refractivity contribution is -0.117. The van der Waals surface area contributed by atoms with E-state index in [0.29, 0.717) is 17.8 Å². The molecule has 0 bridgehead atoms. The molecule has 0 saturated carbocycles. The molecule has 7 heteroatoms. The fourth-order valence-corrected chi connectivity index (χ4v) is 4.61. The maximum Gasteiger partial charge on any atom is 0.256 e. The predicted molar refractivity (Wildman–Crippen MR) is 113 cm³/mol. The number of hydrogen-bond donors (Lipinski definition) is 2. The van der Waals surface area contributed by atoms with Gasteiger partial charge in [-0.1, -0.05) is 32.1 Å². The number of carbonyl (C=O) groups excluding carboxylic acids is 1. The number of amides is 1. The molecule has 2 N–H and O–H groups in total. The lowest BCUT2D eigenvalue weighted by Crippen LogP contribution is -2.48. The molecule has 142 valence electrons. The van der Waals surface area contributed by atoms with E-state index in [4.69, 9.17) is 0 Å². The van der Waals surface area contributed by atoms with Crippen LogP contribution in [0, 0.1) is 11.8 Å². The molecule has 2 aromatic heterocycles. The molecule has 1 atom stereocenters. The number of aromatic amines is 1. The van der Waals surface area contributed by atoms with Crippen LogP contribution >= 0.6 is 27.3 Å². The van der Waals surface area contributed by atoms with E-state index in [1.54, 1.807) is 11.3 Å². The van der Waals surface area contributed by atoms with Crippen LogP contribution in [0.2, 0.25) is 0 Å². The first-order valence-corrected chi connectivity index (χ1v) is 10.8. The molecule has 2 aromatic rings. The Hall–Kier alpha value is -1.91. The summed E-state index contributed by atoms with van der Waals surface area (Å²) in [4.78, 5) is 18.2. The van der Waals surface area contributed by atoms with Crippen molar-refractivity contribution in [1.82, 2.24) is 20.5 Å². The Kier molecular flexibility index (Phi) is 6.51. The van der Waals surface area contributed by atoms with Crippen molar-refractivity contribution in [2.75, 3.05) is 0 Å². The van der Waals surface area contributed by atoms with Gasteiger partial charge in [-0.2, -0.15) is 5.10 Å². The van der Waals surface area contributed by atoms with Gasteiger partial charge in [0.25, 0.3) is 5.91 Å². The van der Waals surface area contributed by atoms with E-state index in [0.717, 1.165) is 27.1 Å². The molecule has 3 heterocycles. The standard InChI is InChI=1S/C20H23BrN4OS/c1-3-4-5-6-7-8-11-20(2)12-14(15-9-10-16(21)27-15)17(19(26)24-20)18-22-13-23-25-18/h9-10,13H,3-7,12H2,1-2H3,(H,24,26)(H,22,23,25). The van der Waals surface area contributed by atoms with Crippen molar-refractivity contribution in [3.05, 3.63) is 32.9 Å². The van der Waals surface area contributed by atoms with Crippen molar-refractivity contribution in [2.24, 2.45) is 0 Å². The first-order chi connectivity index (χ1) is 13.0. The molecule has 0 aromatic carbocycles. The zero-order valence-electron chi connectivity index (χ0n) is 15.6. The summed E-state index contributed by atoms with van der Waals surface area (Å²) in [5, 5.41) is 9.80. The molecular formula is C20H23BrN4OS. The lowest BCUT2D eigenvalue weighted by atomic mass is 9.85. The Morgan fingerprint density at radius 2 is 2.19 bits per heavy atom. The van der Waals surface area contributed by atoms with E-state index in [1.165, 1.54) is 25.6 Å². The first kappa shape index (κ1) is 19.8. The maximum absolute atomic E-state index is 12.9. The minimum absolute atomic E-state index is 0.166. The van der Waals surface area contributed by atoms with Gasteiger partial charge in [-0.05, 0) is 47.0 Å². The fourth-order valence-electron chi connectivity index (χ4n) is 3.17. The molecule has 0 spiro atoms. The highest BCUT2D eigenvalue weighted by Gasteiger charge is 2.37. The zero-order chi connectivity index (χ0) is 19.3. The third kappa shape index (κ3) is 4.88. The molecular weight excluding hydrogens is 424 g/mol. The summed E-state index contributed by atoms with van der Waals surface area (Å²) in [5.41, 5.74) is 0.912.